The highest BCUT2D eigenvalue weighted by atomic mass is 15.3. The van der Waals surface area contributed by atoms with Gasteiger partial charge in [-0.05, 0) is 42.0 Å². The molecule has 0 spiro atoms. The van der Waals surface area contributed by atoms with Crippen molar-refractivity contribution in [1.29, 1.82) is 0 Å². The molecule has 1 N–H and O–H groups in total. The van der Waals surface area contributed by atoms with Crippen LogP contribution in [0.2, 0.25) is 0 Å². The fourth-order valence-corrected chi connectivity index (χ4v) is 3.00. The van der Waals surface area contributed by atoms with Crippen molar-refractivity contribution in [2.75, 3.05) is 19.0 Å². The lowest BCUT2D eigenvalue weighted by molar-refractivity contribution is 1.02. The van der Waals surface area contributed by atoms with Crippen molar-refractivity contribution in [1.82, 2.24) is 10.4 Å². The largest absolute Gasteiger partial charge is 0.378 e. The second kappa shape index (κ2) is 9.01. The average Bonchev–Trinajstić information content (AvgIpc) is 2.79. The fourth-order valence-electron chi connectivity index (χ4n) is 3.00. The molecule has 1 heterocycles. The minimum atomic E-state index is 0.591. The monoisotopic (exact) mass is 393 g/mol. The van der Waals surface area contributed by atoms with E-state index in [4.69, 9.17) is 9.98 Å². The lowest BCUT2D eigenvalue weighted by atomic mass is 10.2. The number of pyridine rings is 1. The zero-order valence-electron chi connectivity index (χ0n) is 17.0. The van der Waals surface area contributed by atoms with Crippen molar-refractivity contribution in [3.8, 4) is 0 Å². The minimum Gasteiger partial charge on any atom is -0.378 e. The molecule has 0 fully saturated rings. The van der Waals surface area contributed by atoms with Crippen LogP contribution in [-0.2, 0) is 0 Å². The Balaban J connectivity index is 1.62. The Bertz CT molecular complexity index is 1180. The predicted molar refractivity (Wildman–Crippen MR) is 126 cm³/mol. The summed E-state index contributed by atoms with van der Waals surface area (Å²) in [5.41, 5.74) is 7.71. The van der Waals surface area contributed by atoms with Crippen molar-refractivity contribution in [3.05, 3.63) is 102 Å². The van der Waals surface area contributed by atoms with Crippen LogP contribution in [-0.4, -0.2) is 31.1 Å². The second-order valence-electron chi connectivity index (χ2n) is 7.04. The van der Waals surface area contributed by atoms with Crippen molar-refractivity contribution < 1.29 is 0 Å². The standard InChI is InChI=1S/C25H23N5/c1-30(2)22-15-12-19(13-16-22)18-26-29-25(27-21-9-4-3-5-10-21)24-17-14-20-8-6-7-11-23(20)28-24/h3-18H,1-2H3,(H,27,29)/b26-18+. The molecule has 5 heteroatoms. The lowest BCUT2D eigenvalue weighted by Gasteiger charge is -2.11. The third kappa shape index (κ3) is 4.70. The van der Waals surface area contributed by atoms with Gasteiger partial charge in [0.15, 0.2) is 5.84 Å². The summed E-state index contributed by atoms with van der Waals surface area (Å²) < 4.78 is 0. The van der Waals surface area contributed by atoms with Gasteiger partial charge in [-0.25, -0.2) is 9.98 Å². The molecule has 0 atom stereocenters. The fraction of sp³-hybridized carbons (Fsp3) is 0.0800. The van der Waals surface area contributed by atoms with Crippen LogP contribution in [0, 0.1) is 0 Å². The van der Waals surface area contributed by atoms with Crippen LogP contribution in [0.3, 0.4) is 0 Å². The number of rotatable bonds is 5. The Labute approximate surface area is 176 Å². The molecule has 148 valence electrons. The molecule has 5 nitrogen and oxygen atoms in total. The minimum absolute atomic E-state index is 0.591. The highest BCUT2D eigenvalue weighted by Gasteiger charge is 2.06. The zero-order valence-corrected chi connectivity index (χ0v) is 17.0. The number of hydrazone groups is 1. The van der Waals surface area contributed by atoms with Gasteiger partial charge in [0.25, 0.3) is 0 Å². The van der Waals surface area contributed by atoms with Crippen molar-refractivity contribution in [2.45, 2.75) is 0 Å². The summed E-state index contributed by atoms with van der Waals surface area (Å²) in [6.07, 6.45) is 1.78. The van der Waals surface area contributed by atoms with E-state index in [9.17, 15) is 0 Å². The molecule has 0 aliphatic heterocycles. The number of anilines is 1. The Morgan fingerprint density at radius 3 is 2.33 bits per heavy atom. The van der Waals surface area contributed by atoms with E-state index in [1.807, 2.05) is 93.0 Å². The predicted octanol–water partition coefficient (Wildman–Crippen LogP) is 5.00. The first-order valence-corrected chi connectivity index (χ1v) is 9.75. The van der Waals surface area contributed by atoms with E-state index >= 15 is 0 Å². The summed E-state index contributed by atoms with van der Waals surface area (Å²) >= 11 is 0. The van der Waals surface area contributed by atoms with Crippen molar-refractivity contribution in [3.63, 3.8) is 0 Å². The topological polar surface area (TPSA) is 52.9 Å². The molecule has 0 aliphatic carbocycles. The molecular formula is C25H23N5. The first-order chi connectivity index (χ1) is 14.7. The summed E-state index contributed by atoms with van der Waals surface area (Å²) in [5, 5.41) is 5.50. The number of para-hydroxylation sites is 2. The van der Waals surface area contributed by atoms with Gasteiger partial charge in [0.05, 0.1) is 17.4 Å². The molecule has 3 aromatic carbocycles. The Morgan fingerprint density at radius 1 is 0.833 bits per heavy atom. The van der Waals surface area contributed by atoms with Crippen LogP contribution < -0.4 is 10.3 Å². The molecule has 0 unspecified atom stereocenters. The number of nitrogens with one attached hydrogen (secondary N) is 1. The van der Waals surface area contributed by atoms with Gasteiger partial charge < -0.3 is 4.90 Å². The van der Waals surface area contributed by atoms with E-state index in [1.54, 1.807) is 6.21 Å². The number of amidine groups is 1. The normalized spacial score (nSPS) is 11.7. The molecule has 30 heavy (non-hydrogen) atoms. The van der Waals surface area contributed by atoms with Crippen molar-refractivity contribution in [2.24, 2.45) is 10.1 Å². The van der Waals surface area contributed by atoms with Crippen LogP contribution in [0.25, 0.3) is 10.9 Å². The van der Waals surface area contributed by atoms with Gasteiger partial charge in [-0.1, -0.05) is 54.6 Å². The first kappa shape index (κ1) is 19.3. The van der Waals surface area contributed by atoms with E-state index in [1.165, 1.54) is 0 Å². The molecule has 4 aromatic rings. The summed E-state index contributed by atoms with van der Waals surface area (Å²) in [7, 11) is 4.04. The van der Waals surface area contributed by atoms with E-state index in [0.29, 0.717) is 5.84 Å². The maximum atomic E-state index is 4.76. The smallest absolute Gasteiger partial charge is 0.173 e. The Kier molecular flexibility index (Phi) is 5.80. The van der Waals surface area contributed by atoms with Gasteiger partial charge in [-0.15, -0.1) is 0 Å². The summed E-state index contributed by atoms with van der Waals surface area (Å²) in [5.74, 6) is 0.591. The first-order valence-electron chi connectivity index (χ1n) is 9.75. The third-order valence-electron chi connectivity index (χ3n) is 4.63. The molecule has 0 saturated heterocycles. The maximum absolute atomic E-state index is 4.76. The van der Waals surface area contributed by atoms with Crippen LogP contribution in [0.15, 0.2) is 101 Å². The number of nitrogens with zero attached hydrogens (tertiary/aromatic N) is 4. The van der Waals surface area contributed by atoms with Crippen LogP contribution >= 0.6 is 0 Å². The number of benzene rings is 3. The molecule has 0 saturated carbocycles. The number of aliphatic imine (C=N–C) groups is 1. The second-order valence-corrected chi connectivity index (χ2v) is 7.04. The molecule has 0 aliphatic rings. The average molecular weight is 393 g/mol. The van der Waals surface area contributed by atoms with Crippen molar-refractivity contribution >= 4 is 34.3 Å². The number of hydrogen-bond acceptors (Lipinski definition) is 4. The van der Waals surface area contributed by atoms with Crippen LogP contribution in [0.1, 0.15) is 11.3 Å². The Morgan fingerprint density at radius 2 is 1.57 bits per heavy atom. The summed E-state index contributed by atoms with van der Waals surface area (Å²) in [4.78, 5) is 11.5. The molecule has 0 radical (unpaired) electrons. The third-order valence-corrected chi connectivity index (χ3v) is 4.63. The van der Waals surface area contributed by atoms with Gasteiger partial charge in [0, 0.05) is 25.2 Å². The molecule has 4 rings (SSSR count). The lowest BCUT2D eigenvalue weighted by Crippen LogP contribution is -2.20. The van der Waals surface area contributed by atoms with Crippen LogP contribution in [0.5, 0.6) is 0 Å². The van der Waals surface area contributed by atoms with Gasteiger partial charge in [0.2, 0.25) is 0 Å². The number of aromatic nitrogens is 1. The number of hydrogen-bond donors (Lipinski definition) is 1. The zero-order chi connectivity index (χ0) is 20.8. The Hall–Kier alpha value is -3.99. The van der Waals surface area contributed by atoms with Gasteiger partial charge in [-0.2, -0.15) is 5.10 Å². The van der Waals surface area contributed by atoms with E-state index in [-0.39, 0.29) is 0 Å². The van der Waals surface area contributed by atoms with E-state index in [2.05, 4.69) is 27.6 Å². The van der Waals surface area contributed by atoms with Gasteiger partial charge in [0.1, 0.15) is 5.69 Å². The highest BCUT2D eigenvalue weighted by molar-refractivity contribution is 6.00. The maximum Gasteiger partial charge on any atom is 0.173 e. The number of fused-ring (bicyclic) bond motifs is 1. The molecular weight excluding hydrogens is 370 g/mol. The molecule has 0 bridgehead atoms. The SMILES string of the molecule is CN(C)c1ccc(/C=N/NC(=Nc2ccccc2)c2ccc3ccccc3n2)cc1. The summed E-state index contributed by atoms with van der Waals surface area (Å²) in [6.45, 7) is 0. The molecule has 1 aromatic heterocycles. The highest BCUT2D eigenvalue weighted by Crippen LogP contribution is 2.15. The van der Waals surface area contributed by atoms with E-state index in [0.717, 1.165) is 33.5 Å². The van der Waals surface area contributed by atoms with E-state index < -0.39 is 0 Å². The van der Waals surface area contributed by atoms with Gasteiger partial charge >= 0.3 is 0 Å². The quantitative estimate of drug-likeness (QED) is 0.295. The molecule has 0 amide bonds. The van der Waals surface area contributed by atoms with Gasteiger partial charge in [-0.3, -0.25) is 5.43 Å². The van der Waals surface area contributed by atoms with Crippen LogP contribution in [0.4, 0.5) is 11.4 Å². The summed E-state index contributed by atoms with van der Waals surface area (Å²) in [6, 6.07) is 30.0.